The normalized spacial score (nSPS) is 14.3. The number of aromatic nitrogens is 1. The van der Waals surface area contributed by atoms with Crippen LogP contribution in [0.25, 0.3) is 22.3 Å². The van der Waals surface area contributed by atoms with Gasteiger partial charge < -0.3 is 33.1 Å². The van der Waals surface area contributed by atoms with Crippen LogP contribution in [0, 0.1) is 6.92 Å². The smallest absolute Gasteiger partial charge is 0.338 e. The van der Waals surface area contributed by atoms with Gasteiger partial charge in [-0.1, -0.05) is 6.58 Å². The SMILES string of the molecule is C=C(c1c(C)c(C(=O)OC(C)C)cc2cc(-c3cc(OC)c(OC)c(OC)c3)cn12)N1CCC(N(C)C)CC1. The average Bonchev–Trinajstić information content (AvgIpc) is 3.34. The van der Waals surface area contributed by atoms with Gasteiger partial charge in [0, 0.05) is 36.4 Å². The molecule has 1 aliphatic heterocycles. The average molecular weight is 536 g/mol. The second-order valence-electron chi connectivity index (χ2n) is 10.6. The molecule has 8 heteroatoms. The van der Waals surface area contributed by atoms with E-state index in [-0.39, 0.29) is 12.1 Å². The molecule has 0 bridgehead atoms. The first kappa shape index (κ1) is 28.4. The third-order valence-corrected chi connectivity index (χ3v) is 7.55. The number of rotatable bonds is 9. The zero-order chi connectivity index (χ0) is 28.4. The molecule has 0 N–H and O–H groups in total. The molecule has 0 amide bonds. The number of likely N-dealkylation sites (tertiary alicyclic amines) is 1. The molecular weight excluding hydrogens is 494 g/mol. The monoisotopic (exact) mass is 535 g/mol. The molecule has 0 radical (unpaired) electrons. The van der Waals surface area contributed by atoms with Gasteiger partial charge in [-0.15, -0.1) is 0 Å². The predicted molar refractivity (Wildman–Crippen MR) is 155 cm³/mol. The number of nitrogens with zero attached hydrogens (tertiary/aromatic N) is 3. The molecule has 8 nitrogen and oxygen atoms in total. The Kier molecular flexibility index (Phi) is 8.45. The van der Waals surface area contributed by atoms with E-state index in [0.29, 0.717) is 28.9 Å². The van der Waals surface area contributed by atoms with Crippen LogP contribution in [-0.2, 0) is 4.74 Å². The van der Waals surface area contributed by atoms with Crippen LogP contribution in [0.2, 0.25) is 0 Å². The van der Waals surface area contributed by atoms with E-state index in [1.54, 1.807) is 21.3 Å². The predicted octanol–water partition coefficient (Wildman–Crippen LogP) is 5.50. The van der Waals surface area contributed by atoms with Gasteiger partial charge in [0.15, 0.2) is 11.5 Å². The lowest BCUT2D eigenvalue weighted by Gasteiger charge is -2.38. The highest BCUT2D eigenvalue weighted by Gasteiger charge is 2.26. The van der Waals surface area contributed by atoms with Gasteiger partial charge in [0.2, 0.25) is 5.75 Å². The van der Waals surface area contributed by atoms with Crippen molar-refractivity contribution in [3.63, 3.8) is 0 Å². The number of benzene rings is 1. The summed E-state index contributed by atoms with van der Waals surface area (Å²) >= 11 is 0. The van der Waals surface area contributed by atoms with Crippen LogP contribution in [0.15, 0.2) is 37.0 Å². The molecule has 0 spiro atoms. The highest BCUT2D eigenvalue weighted by Crippen LogP contribution is 2.42. The van der Waals surface area contributed by atoms with Crippen LogP contribution in [0.5, 0.6) is 17.2 Å². The van der Waals surface area contributed by atoms with E-state index in [1.165, 1.54) is 0 Å². The zero-order valence-corrected chi connectivity index (χ0v) is 24.5. The van der Waals surface area contributed by atoms with Gasteiger partial charge in [-0.25, -0.2) is 4.79 Å². The van der Waals surface area contributed by atoms with Gasteiger partial charge in [0.05, 0.1) is 44.4 Å². The van der Waals surface area contributed by atoms with Gasteiger partial charge in [-0.3, -0.25) is 0 Å². The van der Waals surface area contributed by atoms with Crippen LogP contribution in [0.3, 0.4) is 0 Å². The highest BCUT2D eigenvalue weighted by molar-refractivity contribution is 5.95. The molecule has 39 heavy (non-hydrogen) atoms. The molecule has 0 aliphatic carbocycles. The molecule has 1 saturated heterocycles. The van der Waals surface area contributed by atoms with Crippen LogP contribution in [0.4, 0.5) is 0 Å². The summed E-state index contributed by atoms with van der Waals surface area (Å²) in [6.07, 6.45) is 3.98. The third kappa shape index (κ3) is 5.57. The number of hydrogen-bond acceptors (Lipinski definition) is 7. The number of hydrogen-bond donors (Lipinski definition) is 0. The first-order chi connectivity index (χ1) is 18.6. The maximum atomic E-state index is 13.2. The number of pyridine rings is 1. The Labute approximate surface area is 231 Å². The number of ether oxygens (including phenoxy) is 4. The molecule has 1 aliphatic rings. The Morgan fingerprint density at radius 1 is 0.974 bits per heavy atom. The Bertz CT molecular complexity index is 1340. The number of piperidine rings is 1. The number of methoxy groups -OCH3 is 3. The lowest BCUT2D eigenvalue weighted by atomic mass is 10.0. The van der Waals surface area contributed by atoms with Crippen molar-refractivity contribution >= 4 is 17.2 Å². The largest absolute Gasteiger partial charge is 0.493 e. The summed E-state index contributed by atoms with van der Waals surface area (Å²) in [5, 5.41) is 0. The van der Waals surface area contributed by atoms with Crippen LogP contribution in [-0.4, -0.2) is 80.8 Å². The van der Waals surface area contributed by atoms with Gasteiger partial charge in [0.25, 0.3) is 0 Å². The van der Waals surface area contributed by atoms with Crippen molar-refractivity contribution in [3.8, 4) is 28.4 Å². The Hall–Kier alpha value is -3.65. The summed E-state index contributed by atoms with van der Waals surface area (Å²) in [4.78, 5) is 17.8. The van der Waals surface area contributed by atoms with E-state index >= 15 is 0 Å². The minimum Gasteiger partial charge on any atom is -0.493 e. The number of carbonyl (C=O) groups is 1. The summed E-state index contributed by atoms with van der Waals surface area (Å²) in [7, 11) is 9.07. The molecule has 0 unspecified atom stereocenters. The van der Waals surface area contributed by atoms with E-state index < -0.39 is 0 Å². The summed E-state index contributed by atoms with van der Waals surface area (Å²) in [6, 6.07) is 8.37. The number of fused-ring (bicyclic) bond motifs is 1. The highest BCUT2D eigenvalue weighted by atomic mass is 16.5. The standard InChI is InChI=1S/C31H41N3O5/c1-19(2)39-31(35)26-17-25-14-23(22-15-27(36-7)30(38-9)28(16-22)37-8)18-34(25)29(20(26)3)21(4)33-12-10-24(11-13-33)32(5)6/h14-19,24H,4,10-13H2,1-3,5-9H3. The molecule has 0 atom stereocenters. The van der Waals surface area contributed by atoms with Crippen molar-refractivity contribution in [3.05, 3.63) is 53.9 Å². The molecule has 3 heterocycles. The molecule has 210 valence electrons. The molecule has 1 fully saturated rings. The fourth-order valence-corrected chi connectivity index (χ4v) is 5.40. The van der Waals surface area contributed by atoms with E-state index in [9.17, 15) is 4.79 Å². The summed E-state index contributed by atoms with van der Waals surface area (Å²) in [5.41, 5.74) is 5.93. The maximum Gasteiger partial charge on any atom is 0.338 e. The van der Waals surface area contributed by atoms with E-state index in [2.05, 4.69) is 47.1 Å². The van der Waals surface area contributed by atoms with Crippen LogP contribution < -0.4 is 14.2 Å². The van der Waals surface area contributed by atoms with Crippen LogP contribution in [0.1, 0.15) is 48.3 Å². The van der Waals surface area contributed by atoms with Crippen molar-refractivity contribution in [2.45, 2.75) is 45.8 Å². The molecule has 1 aromatic carbocycles. The Balaban J connectivity index is 1.86. The topological polar surface area (TPSA) is 64.9 Å². The van der Waals surface area contributed by atoms with Crippen LogP contribution >= 0.6 is 0 Å². The molecule has 3 aromatic rings. The second-order valence-corrected chi connectivity index (χ2v) is 10.6. The first-order valence-electron chi connectivity index (χ1n) is 13.4. The van der Waals surface area contributed by atoms with Gasteiger partial charge in [-0.05, 0) is 83.1 Å². The van der Waals surface area contributed by atoms with Crippen molar-refractivity contribution in [1.29, 1.82) is 0 Å². The minimum absolute atomic E-state index is 0.216. The van der Waals surface area contributed by atoms with Gasteiger partial charge >= 0.3 is 5.97 Å². The first-order valence-corrected chi connectivity index (χ1v) is 13.4. The summed E-state index contributed by atoms with van der Waals surface area (Å²) < 4.78 is 24.4. The minimum atomic E-state index is -0.332. The Morgan fingerprint density at radius 2 is 1.59 bits per heavy atom. The van der Waals surface area contributed by atoms with Gasteiger partial charge in [-0.2, -0.15) is 0 Å². The number of esters is 1. The molecule has 0 saturated carbocycles. The van der Waals surface area contributed by atoms with Crippen molar-refractivity contribution in [1.82, 2.24) is 14.2 Å². The zero-order valence-electron chi connectivity index (χ0n) is 24.5. The molecular formula is C31H41N3O5. The molecule has 2 aromatic heterocycles. The lowest BCUT2D eigenvalue weighted by Crippen LogP contribution is -2.41. The number of carbonyl (C=O) groups excluding carboxylic acids is 1. The fraction of sp³-hybridized carbons (Fsp3) is 0.452. The van der Waals surface area contributed by atoms with E-state index in [4.69, 9.17) is 18.9 Å². The quantitative estimate of drug-likeness (QED) is 0.335. The fourth-order valence-electron chi connectivity index (χ4n) is 5.40. The maximum absolute atomic E-state index is 13.2. The molecule has 4 rings (SSSR count). The lowest BCUT2D eigenvalue weighted by molar-refractivity contribution is 0.0377. The van der Waals surface area contributed by atoms with E-state index in [0.717, 1.165) is 59.5 Å². The van der Waals surface area contributed by atoms with E-state index in [1.807, 2.05) is 39.0 Å². The Morgan fingerprint density at radius 3 is 2.10 bits per heavy atom. The van der Waals surface area contributed by atoms with Crippen molar-refractivity contribution in [2.75, 3.05) is 48.5 Å². The summed E-state index contributed by atoms with van der Waals surface area (Å²) in [6.45, 7) is 12.0. The van der Waals surface area contributed by atoms with Crippen molar-refractivity contribution in [2.24, 2.45) is 0 Å². The third-order valence-electron chi connectivity index (χ3n) is 7.55. The summed E-state index contributed by atoms with van der Waals surface area (Å²) in [5.74, 6) is 1.36. The van der Waals surface area contributed by atoms with Crippen molar-refractivity contribution < 1.29 is 23.7 Å². The second kappa shape index (κ2) is 11.6. The van der Waals surface area contributed by atoms with Gasteiger partial charge in [0.1, 0.15) is 0 Å².